The molecule has 1 aliphatic heterocycles. The Morgan fingerprint density at radius 3 is 2.40 bits per heavy atom. The minimum absolute atomic E-state index is 0.105. The van der Waals surface area contributed by atoms with Gasteiger partial charge in [-0.3, -0.25) is 4.79 Å². The zero-order valence-electron chi connectivity index (χ0n) is 25.0. The van der Waals surface area contributed by atoms with Gasteiger partial charge in [0.15, 0.2) is 12.4 Å². The second-order valence-electron chi connectivity index (χ2n) is 14.4. The quantitative estimate of drug-likeness (QED) is 0.298. The summed E-state index contributed by atoms with van der Waals surface area (Å²) >= 11 is 0. The van der Waals surface area contributed by atoms with Crippen LogP contribution in [0.3, 0.4) is 0 Å². The van der Waals surface area contributed by atoms with E-state index in [1.807, 2.05) is 0 Å². The first-order chi connectivity index (χ1) is 19.9. The van der Waals surface area contributed by atoms with Gasteiger partial charge in [-0.05, 0) is 105 Å². The van der Waals surface area contributed by atoms with Gasteiger partial charge in [-0.2, -0.15) is 0 Å². The van der Waals surface area contributed by atoms with E-state index < -0.39 is 48.2 Å². The normalized spacial score (nSPS) is 48.4. The number of benzene rings is 1. The Bertz CT molecular complexity index is 1180. The Kier molecular flexibility index (Phi) is 7.75. The maximum atomic E-state index is 12.6. The monoisotopic (exact) mass is 585 g/mol. The molecule has 5 fully saturated rings. The summed E-state index contributed by atoms with van der Waals surface area (Å²) in [6, 6.07) is 8.54. The Balaban J connectivity index is 1.09. The van der Waals surface area contributed by atoms with E-state index in [4.69, 9.17) is 19.9 Å². The number of rotatable bonds is 5. The van der Waals surface area contributed by atoms with Crippen molar-refractivity contribution < 1.29 is 39.1 Å². The number of carbonyl (C=O) groups excluding carboxylic acids is 1. The van der Waals surface area contributed by atoms with Crippen LogP contribution in [0.5, 0.6) is 0 Å². The van der Waals surface area contributed by atoms with Crippen molar-refractivity contribution in [1.82, 2.24) is 0 Å². The van der Waals surface area contributed by atoms with Crippen LogP contribution in [-0.4, -0.2) is 69.6 Å². The Morgan fingerprint density at radius 1 is 0.952 bits per heavy atom. The predicted octanol–water partition coefficient (Wildman–Crippen LogP) is 3.89. The molecule has 13 atom stereocenters. The van der Waals surface area contributed by atoms with Gasteiger partial charge in [-0.15, -0.1) is 0 Å². The van der Waals surface area contributed by atoms with E-state index in [-0.39, 0.29) is 22.9 Å². The van der Waals surface area contributed by atoms with Crippen molar-refractivity contribution >= 4 is 11.9 Å². The fourth-order valence-electron chi connectivity index (χ4n) is 10.0. The maximum Gasteiger partial charge on any atom is 0.338 e. The van der Waals surface area contributed by atoms with E-state index in [1.54, 1.807) is 37.3 Å². The molecule has 1 aromatic rings. The van der Waals surface area contributed by atoms with Crippen LogP contribution in [0.1, 0.15) is 88.9 Å². The molecule has 0 amide bonds. The van der Waals surface area contributed by atoms with Gasteiger partial charge in [0.1, 0.15) is 12.2 Å². The zero-order chi connectivity index (χ0) is 30.0. The van der Waals surface area contributed by atoms with Crippen LogP contribution in [0.15, 0.2) is 30.3 Å². The van der Waals surface area contributed by atoms with Gasteiger partial charge in [0.25, 0.3) is 0 Å². The molecule has 0 aromatic heterocycles. The van der Waals surface area contributed by atoms with Crippen LogP contribution in [0, 0.1) is 34.5 Å². The number of hydrogen-bond acceptors (Lipinski definition) is 8. The molecular weight excluding hydrogens is 538 g/mol. The van der Waals surface area contributed by atoms with Crippen LogP contribution >= 0.6 is 0 Å². The topological polar surface area (TPSA) is 149 Å². The first-order valence-electron chi connectivity index (χ1n) is 15.8. The predicted molar refractivity (Wildman–Crippen MR) is 153 cm³/mol. The number of carbonyl (C=O) groups is 2. The van der Waals surface area contributed by atoms with Crippen LogP contribution < -0.4 is 5.73 Å². The van der Waals surface area contributed by atoms with Crippen molar-refractivity contribution in [3.8, 4) is 0 Å². The highest BCUT2D eigenvalue weighted by Crippen LogP contribution is 2.68. The lowest BCUT2D eigenvalue weighted by atomic mass is 9.42. The van der Waals surface area contributed by atoms with E-state index in [0.717, 1.165) is 51.4 Å². The number of nitrogens with two attached hydrogens (primary N) is 1. The zero-order valence-corrected chi connectivity index (χ0v) is 25.0. The van der Waals surface area contributed by atoms with Crippen molar-refractivity contribution in [2.75, 3.05) is 0 Å². The highest BCUT2D eigenvalue weighted by Gasteiger charge is 2.67. The minimum atomic E-state index is -1.35. The van der Waals surface area contributed by atoms with Gasteiger partial charge in [0, 0.05) is 5.54 Å². The third kappa shape index (κ3) is 4.62. The molecular formula is C33H47NO8. The summed E-state index contributed by atoms with van der Waals surface area (Å²) in [5.41, 5.74) is 6.91. The number of ether oxygens (including phenoxy) is 3. The molecule has 9 nitrogen and oxygen atoms in total. The lowest BCUT2D eigenvalue weighted by molar-refractivity contribution is -0.309. The number of aliphatic hydroxyl groups excluding tert-OH is 2. The van der Waals surface area contributed by atoms with Crippen molar-refractivity contribution in [3.63, 3.8) is 0 Å². The second kappa shape index (κ2) is 10.8. The number of hydrogen-bond donors (Lipinski definition) is 4. The van der Waals surface area contributed by atoms with E-state index >= 15 is 0 Å². The molecule has 1 aromatic carbocycles. The third-order valence-electron chi connectivity index (χ3n) is 12.6. The number of esters is 1. The number of aliphatic carboxylic acids is 1. The molecule has 42 heavy (non-hydrogen) atoms. The molecule has 232 valence electrons. The molecule has 1 heterocycles. The van der Waals surface area contributed by atoms with Gasteiger partial charge >= 0.3 is 11.9 Å². The molecule has 5 N–H and O–H groups in total. The molecule has 6 rings (SSSR count). The fourth-order valence-corrected chi connectivity index (χ4v) is 10.0. The van der Waals surface area contributed by atoms with Crippen LogP contribution in [0.25, 0.3) is 0 Å². The first-order valence-corrected chi connectivity index (χ1v) is 15.8. The Hall–Kier alpha value is -2.04. The van der Waals surface area contributed by atoms with Crippen LogP contribution in [0.2, 0.25) is 0 Å². The Labute approximate surface area is 248 Å². The van der Waals surface area contributed by atoms with Crippen molar-refractivity contribution in [2.45, 2.75) is 121 Å². The number of aliphatic hydroxyl groups is 2. The molecule has 5 aliphatic rings. The van der Waals surface area contributed by atoms with E-state index in [0.29, 0.717) is 29.7 Å². The molecule has 0 radical (unpaired) electrons. The highest BCUT2D eigenvalue weighted by atomic mass is 16.7. The molecule has 4 saturated carbocycles. The van der Waals surface area contributed by atoms with E-state index in [2.05, 4.69) is 13.8 Å². The number of carboxylic acids is 1. The first kappa shape index (κ1) is 30.0. The van der Waals surface area contributed by atoms with Gasteiger partial charge in [0.05, 0.1) is 23.7 Å². The summed E-state index contributed by atoms with van der Waals surface area (Å²) in [5.74, 6) is -0.421. The number of carboxylic acid groups (broad SMARTS) is 1. The molecule has 0 unspecified atom stereocenters. The maximum absolute atomic E-state index is 12.6. The summed E-state index contributed by atoms with van der Waals surface area (Å²) in [5, 5.41) is 31.8. The van der Waals surface area contributed by atoms with E-state index in [1.165, 1.54) is 0 Å². The van der Waals surface area contributed by atoms with E-state index in [9.17, 15) is 24.9 Å². The van der Waals surface area contributed by atoms with Crippen LogP contribution in [-0.2, 0) is 19.0 Å². The number of fused-ring (bicyclic) bond motifs is 5. The largest absolute Gasteiger partial charge is 0.481 e. The smallest absolute Gasteiger partial charge is 0.338 e. The van der Waals surface area contributed by atoms with Crippen molar-refractivity contribution in [3.05, 3.63) is 35.9 Å². The second-order valence-corrected chi connectivity index (χ2v) is 14.4. The molecule has 4 aliphatic carbocycles. The van der Waals surface area contributed by atoms with Gasteiger partial charge in [-0.1, -0.05) is 32.0 Å². The fraction of sp³-hybridized carbons (Fsp3) is 0.758. The SMILES string of the molecule is C[C@@H]1O[C@@H](O[C@H]2CC[C@@]3(C)[C@H](CC[C@@H]4[C@@H]3CC[C@]3(C)[C@@H](C(=O)O)CC[C@]43N)C2)[C@H](O)[C@H](O)[C@H]1OC(=O)c1ccccc1. The van der Waals surface area contributed by atoms with Gasteiger partial charge in [0.2, 0.25) is 0 Å². The molecule has 0 spiro atoms. The Morgan fingerprint density at radius 2 is 1.69 bits per heavy atom. The standard InChI is InChI=1S/C33H47NO8/c1-18-27(42-29(39)19-7-5-4-6-8-19)25(35)26(36)30(40-18)41-21-11-14-31(2)20(17-21)9-10-23-22(31)12-15-32(3)24(28(37)38)13-16-33(23,32)34/h4-8,18,20-27,30,35-36H,9-17,34H2,1-3H3,(H,37,38)/t18-,20+,21-,22-,23+,24+,25-,26+,27-,30-,31-,32+,33-/m0/s1. The summed E-state index contributed by atoms with van der Waals surface area (Å²) in [7, 11) is 0. The van der Waals surface area contributed by atoms with Crippen molar-refractivity contribution in [1.29, 1.82) is 0 Å². The van der Waals surface area contributed by atoms with Gasteiger partial charge in [-0.25, -0.2) is 4.79 Å². The van der Waals surface area contributed by atoms with Gasteiger partial charge < -0.3 is 35.3 Å². The average Bonchev–Trinajstić information content (AvgIpc) is 3.25. The molecule has 9 heteroatoms. The average molecular weight is 586 g/mol. The third-order valence-corrected chi connectivity index (χ3v) is 12.6. The van der Waals surface area contributed by atoms with Crippen LogP contribution in [0.4, 0.5) is 0 Å². The summed E-state index contributed by atoms with van der Waals surface area (Å²) in [6.07, 6.45) is 2.47. The minimum Gasteiger partial charge on any atom is -0.481 e. The van der Waals surface area contributed by atoms with Crippen molar-refractivity contribution in [2.24, 2.45) is 40.2 Å². The summed E-state index contributed by atoms with van der Waals surface area (Å²) in [6.45, 7) is 6.25. The summed E-state index contributed by atoms with van der Waals surface area (Å²) < 4.78 is 17.9. The molecule has 1 saturated heterocycles. The lowest BCUT2D eigenvalue weighted by Crippen LogP contribution is -2.67. The highest BCUT2D eigenvalue weighted by molar-refractivity contribution is 5.89. The lowest BCUT2D eigenvalue weighted by Gasteiger charge is -2.64. The summed E-state index contributed by atoms with van der Waals surface area (Å²) in [4.78, 5) is 24.7. The molecule has 0 bridgehead atoms.